The Hall–Kier alpha value is -1.29. The third-order valence-electron chi connectivity index (χ3n) is 1.72. The van der Waals surface area contributed by atoms with Gasteiger partial charge in [-0.15, -0.1) is 11.3 Å². The summed E-state index contributed by atoms with van der Waals surface area (Å²) in [5.74, 6) is 0.866. The van der Waals surface area contributed by atoms with Gasteiger partial charge in [-0.2, -0.15) is 0 Å². The second-order valence-electron chi connectivity index (χ2n) is 2.59. The standard InChI is InChI=1S/C9H9N3S/c1-2-9-10-4-3-7(12-9)8-5-13-6-11-8/h3-6H,2H2,1H3. The van der Waals surface area contributed by atoms with Gasteiger partial charge in [0.1, 0.15) is 5.82 Å². The maximum Gasteiger partial charge on any atom is 0.128 e. The molecule has 0 bridgehead atoms. The summed E-state index contributed by atoms with van der Waals surface area (Å²) in [4.78, 5) is 12.7. The summed E-state index contributed by atoms with van der Waals surface area (Å²) in [5, 5.41) is 1.99. The largest absolute Gasteiger partial charge is 0.243 e. The van der Waals surface area contributed by atoms with E-state index in [1.807, 2.05) is 23.9 Å². The molecule has 0 amide bonds. The van der Waals surface area contributed by atoms with Crippen LogP contribution in [0.1, 0.15) is 12.7 Å². The Bertz CT molecular complexity index is 384. The van der Waals surface area contributed by atoms with Crippen LogP contribution in [0.5, 0.6) is 0 Å². The molecule has 2 aromatic rings. The zero-order valence-corrected chi connectivity index (χ0v) is 8.08. The molecule has 2 heterocycles. The molecule has 0 N–H and O–H groups in total. The molecule has 0 aromatic carbocycles. The molecular formula is C9H9N3S. The highest BCUT2D eigenvalue weighted by Gasteiger charge is 2.01. The van der Waals surface area contributed by atoms with E-state index >= 15 is 0 Å². The first-order valence-corrected chi connectivity index (χ1v) is 5.05. The van der Waals surface area contributed by atoms with Crippen molar-refractivity contribution in [3.05, 3.63) is 29.0 Å². The Morgan fingerprint density at radius 3 is 2.92 bits per heavy atom. The van der Waals surface area contributed by atoms with E-state index in [0.717, 1.165) is 23.6 Å². The second-order valence-corrected chi connectivity index (χ2v) is 3.30. The molecule has 66 valence electrons. The number of nitrogens with zero attached hydrogens (tertiary/aromatic N) is 3. The average Bonchev–Trinajstić information content (AvgIpc) is 2.71. The Labute approximate surface area is 80.5 Å². The van der Waals surface area contributed by atoms with Crippen molar-refractivity contribution in [2.75, 3.05) is 0 Å². The zero-order chi connectivity index (χ0) is 9.10. The molecule has 0 saturated heterocycles. The molecule has 0 radical (unpaired) electrons. The number of hydrogen-bond donors (Lipinski definition) is 0. The van der Waals surface area contributed by atoms with E-state index in [-0.39, 0.29) is 0 Å². The minimum absolute atomic E-state index is 0.859. The zero-order valence-electron chi connectivity index (χ0n) is 7.27. The molecule has 0 unspecified atom stereocenters. The number of thiazole rings is 1. The van der Waals surface area contributed by atoms with Crippen molar-refractivity contribution in [3.63, 3.8) is 0 Å². The predicted molar refractivity (Wildman–Crippen MR) is 52.5 cm³/mol. The fourth-order valence-electron chi connectivity index (χ4n) is 1.05. The van der Waals surface area contributed by atoms with Crippen molar-refractivity contribution < 1.29 is 0 Å². The van der Waals surface area contributed by atoms with Crippen molar-refractivity contribution in [1.29, 1.82) is 0 Å². The van der Waals surface area contributed by atoms with Gasteiger partial charge in [-0.25, -0.2) is 15.0 Å². The topological polar surface area (TPSA) is 38.7 Å². The van der Waals surface area contributed by atoms with Gasteiger partial charge in [-0.3, -0.25) is 0 Å². The van der Waals surface area contributed by atoms with E-state index in [1.165, 1.54) is 0 Å². The van der Waals surface area contributed by atoms with Crippen molar-refractivity contribution in [2.24, 2.45) is 0 Å². The smallest absolute Gasteiger partial charge is 0.128 e. The molecule has 0 spiro atoms. The minimum atomic E-state index is 0.859. The molecule has 0 fully saturated rings. The van der Waals surface area contributed by atoms with Gasteiger partial charge >= 0.3 is 0 Å². The van der Waals surface area contributed by atoms with Crippen LogP contribution in [0.2, 0.25) is 0 Å². The SMILES string of the molecule is CCc1nccc(-c2cscn2)n1. The van der Waals surface area contributed by atoms with Gasteiger partial charge in [0.25, 0.3) is 0 Å². The molecule has 0 saturated carbocycles. The van der Waals surface area contributed by atoms with Crippen LogP contribution in [0.4, 0.5) is 0 Å². The van der Waals surface area contributed by atoms with Crippen molar-refractivity contribution in [1.82, 2.24) is 15.0 Å². The van der Waals surface area contributed by atoms with Gasteiger partial charge in [-0.05, 0) is 6.07 Å². The van der Waals surface area contributed by atoms with E-state index in [9.17, 15) is 0 Å². The molecule has 0 atom stereocenters. The lowest BCUT2D eigenvalue weighted by atomic mass is 10.3. The van der Waals surface area contributed by atoms with Crippen LogP contribution < -0.4 is 0 Å². The van der Waals surface area contributed by atoms with Crippen LogP contribution in [0.3, 0.4) is 0 Å². The fourth-order valence-corrected chi connectivity index (χ4v) is 1.60. The average molecular weight is 191 g/mol. The highest BCUT2D eigenvalue weighted by atomic mass is 32.1. The molecular weight excluding hydrogens is 182 g/mol. The first-order chi connectivity index (χ1) is 6.40. The monoisotopic (exact) mass is 191 g/mol. The summed E-state index contributed by atoms with van der Waals surface area (Å²) in [7, 11) is 0. The first kappa shape index (κ1) is 8.31. The molecule has 2 rings (SSSR count). The van der Waals surface area contributed by atoms with Crippen molar-refractivity contribution in [2.45, 2.75) is 13.3 Å². The van der Waals surface area contributed by atoms with Crippen molar-refractivity contribution in [3.8, 4) is 11.4 Å². The molecule has 2 aromatic heterocycles. The summed E-state index contributed by atoms with van der Waals surface area (Å²) in [5.41, 5.74) is 3.65. The van der Waals surface area contributed by atoms with E-state index in [4.69, 9.17) is 0 Å². The van der Waals surface area contributed by atoms with Crippen molar-refractivity contribution >= 4 is 11.3 Å². The van der Waals surface area contributed by atoms with Gasteiger partial charge in [0.15, 0.2) is 0 Å². The lowest BCUT2D eigenvalue weighted by Crippen LogP contribution is -1.93. The Kier molecular flexibility index (Phi) is 2.31. The predicted octanol–water partition coefficient (Wildman–Crippen LogP) is 2.16. The van der Waals surface area contributed by atoms with Crippen LogP contribution in [0.15, 0.2) is 23.2 Å². The minimum Gasteiger partial charge on any atom is -0.243 e. The summed E-state index contributed by atoms with van der Waals surface area (Å²) < 4.78 is 0. The molecule has 0 aliphatic heterocycles. The van der Waals surface area contributed by atoms with E-state index in [0.29, 0.717) is 0 Å². The summed E-state index contributed by atoms with van der Waals surface area (Å²) in [6.07, 6.45) is 2.64. The lowest BCUT2D eigenvalue weighted by Gasteiger charge is -1.97. The van der Waals surface area contributed by atoms with Crippen LogP contribution in [-0.2, 0) is 6.42 Å². The van der Waals surface area contributed by atoms with E-state index in [2.05, 4.69) is 15.0 Å². The highest BCUT2D eigenvalue weighted by molar-refractivity contribution is 7.07. The number of hydrogen-bond acceptors (Lipinski definition) is 4. The number of aryl methyl sites for hydroxylation is 1. The Morgan fingerprint density at radius 1 is 1.31 bits per heavy atom. The second kappa shape index (κ2) is 3.62. The van der Waals surface area contributed by atoms with E-state index in [1.54, 1.807) is 17.5 Å². The van der Waals surface area contributed by atoms with Gasteiger partial charge in [0.05, 0.1) is 16.9 Å². The molecule has 13 heavy (non-hydrogen) atoms. The maximum atomic E-state index is 4.37. The molecule has 4 heteroatoms. The Morgan fingerprint density at radius 2 is 2.23 bits per heavy atom. The van der Waals surface area contributed by atoms with Crippen LogP contribution in [-0.4, -0.2) is 15.0 Å². The molecule has 3 nitrogen and oxygen atoms in total. The maximum absolute atomic E-state index is 4.37. The lowest BCUT2D eigenvalue weighted by molar-refractivity contribution is 0.941. The van der Waals surface area contributed by atoms with Crippen LogP contribution >= 0.6 is 11.3 Å². The van der Waals surface area contributed by atoms with Gasteiger partial charge in [0.2, 0.25) is 0 Å². The molecule has 0 aliphatic carbocycles. The highest BCUT2D eigenvalue weighted by Crippen LogP contribution is 2.15. The van der Waals surface area contributed by atoms with Crippen LogP contribution in [0.25, 0.3) is 11.4 Å². The third-order valence-corrected chi connectivity index (χ3v) is 2.30. The van der Waals surface area contributed by atoms with Crippen LogP contribution in [0, 0.1) is 0 Å². The van der Waals surface area contributed by atoms with Gasteiger partial charge in [0, 0.05) is 18.0 Å². The first-order valence-electron chi connectivity index (χ1n) is 4.10. The fraction of sp³-hybridized carbons (Fsp3) is 0.222. The quantitative estimate of drug-likeness (QED) is 0.730. The number of aromatic nitrogens is 3. The third kappa shape index (κ3) is 1.72. The molecule has 0 aliphatic rings. The summed E-state index contributed by atoms with van der Waals surface area (Å²) >= 11 is 1.58. The summed E-state index contributed by atoms with van der Waals surface area (Å²) in [6, 6.07) is 1.88. The Balaban J connectivity index is 2.41. The number of rotatable bonds is 2. The summed E-state index contributed by atoms with van der Waals surface area (Å²) in [6.45, 7) is 2.04. The van der Waals surface area contributed by atoms with Gasteiger partial charge in [-0.1, -0.05) is 6.92 Å². The van der Waals surface area contributed by atoms with Gasteiger partial charge < -0.3 is 0 Å². The normalized spacial score (nSPS) is 10.2. The van der Waals surface area contributed by atoms with E-state index < -0.39 is 0 Å².